The van der Waals surface area contributed by atoms with Crippen LogP contribution >= 0.6 is 11.6 Å². The Kier molecular flexibility index (Phi) is 5.53. The molecular weight excluding hydrogens is 354 g/mol. The van der Waals surface area contributed by atoms with Gasteiger partial charge < -0.3 is 16.0 Å². The van der Waals surface area contributed by atoms with Crippen LogP contribution < -0.4 is 16.0 Å². The van der Waals surface area contributed by atoms with Crippen molar-refractivity contribution >= 4 is 29.3 Å². The van der Waals surface area contributed by atoms with Gasteiger partial charge in [0.25, 0.3) is 11.8 Å². The number of rotatable bonds is 6. The first kappa shape index (κ1) is 17.9. The van der Waals surface area contributed by atoms with Crippen molar-refractivity contribution in [1.82, 2.24) is 16.0 Å². The van der Waals surface area contributed by atoms with Crippen molar-refractivity contribution in [2.45, 2.75) is 12.5 Å². The van der Waals surface area contributed by atoms with E-state index in [1.807, 2.05) is 12.1 Å². The van der Waals surface area contributed by atoms with Gasteiger partial charge in [0.15, 0.2) is 0 Å². The van der Waals surface area contributed by atoms with Gasteiger partial charge in [0, 0.05) is 18.7 Å². The third-order valence-corrected chi connectivity index (χ3v) is 4.46. The highest BCUT2D eigenvalue weighted by Gasteiger charge is 2.29. The number of amides is 3. The second-order valence-electron chi connectivity index (χ2n) is 5.90. The number of benzene rings is 2. The lowest BCUT2D eigenvalue weighted by molar-refractivity contribution is -0.121. The van der Waals surface area contributed by atoms with E-state index in [1.54, 1.807) is 36.4 Å². The summed E-state index contributed by atoms with van der Waals surface area (Å²) < 4.78 is 0. The lowest BCUT2D eigenvalue weighted by Crippen LogP contribution is -2.36. The van der Waals surface area contributed by atoms with Crippen molar-refractivity contribution in [3.8, 4) is 0 Å². The van der Waals surface area contributed by atoms with Gasteiger partial charge in [-0.2, -0.15) is 0 Å². The van der Waals surface area contributed by atoms with Crippen LogP contribution in [0, 0.1) is 0 Å². The molecule has 7 heteroatoms. The van der Waals surface area contributed by atoms with Gasteiger partial charge in [-0.3, -0.25) is 14.4 Å². The highest BCUT2D eigenvalue weighted by atomic mass is 35.5. The minimum Gasteiger partial charge on any atom is -0.354 e. The monoisotopic (exact) mass is 371 g/mol. The fourth-order valence-electron chi connectivity index (χ4n) is 2.86. The molecule has 3 N–H and O–H groups in total. The number of carbonyl (C=O) groups is 3. The van der Waals surface area contributed by atoms with E-state index in [9.17, 15) is 14.4 Å². The molecule has 0 radical (unpaired) electrons. The zero-order valence-corrected chi connectivity index (χ0v) is 14.7. The molecule has 0 saturated carbocycles. The standard InChI is InChI=1S/C19H18ClN3O3/c20-15-8-4-3-7-14(15)18(25)22-10-9-21-17(24)11-16-12-5-1-2-6-13(12)19(26)23-16/h1-8,16H,9-11H2,(H,21,24)(H,22,25)(H,23,26). The topological polar surface area (TPSA) is 87.3 Å². The van der Waals surface area contributed by atoms with Crippen LogP contribution in [0.2, 0.25) is 5.02 Å². The van der Waals surface area contributed by atoms with Crippen molar-refractivity contribution in [2.75, 3.05) is 13.1 Å². The van der Waals surface area contributed by atoms with Gasteiger partial charge in [0.05, 0.1) is 23.0 Å². The minimum absolute atomic E-state index is 0.154. The van der Waals surface area contributed by atoms with Crippen LogP contribution in [-0.4, -0.2) is 30.8 Å². The average molecular weight is 372 g/mol. The summed E-state index contributed by atoms with van der Waals surface area (Å²) in [5.41, 5.74) is 1.84. The summed E-state index contributed by atoms with van der Waals surface area (Å²) in [6.45, 7) is 0.570. The minimum atomic E-state index is -0.323. The maximum Gasteiger partial charge on any atom is 0.252 e. The van der Waals surface area contributed by atoms with Crippen LogP contribution in [0.5, 0.6) is 0 Å². The van der Waals surface area contributed by atoms with Gasteiger partial charge in [-0.25, -0.2) is 0 Å². The highest BCUT2D eigenvalue weighted by Crippen LogP contribution is 2.27. The van der Waals surface area contributed by atoms with E-state index in [4.69, 9.17) is 11.6 Å². The third-order valence-electron chi connectivity index (χ3n) is 4.13. The summed E-state index contributed by atoms with van der Waals surface area (Å²) in [5, 5.41) is 8.62. The van der Waals surface area contributed by atoms with Crippen molar-refractivity contribution in [2.24, 2.45) is 0 Å². The highest BCUT2D eigenvalue weighted by molar-refractivity contribution is 6.33. The smallest absolute Gasteiger partial charge is 0.252 e. The quantitative estimate of drug-likeness (QED) is 0.679. The van der Waals surface area contributed by atoms with Crippen LogP contribution in [0.4, 0.5) is 0 Å². The SMILES string of the molecule is O=C(CC1NC(=O)c2ccccc21)NCCNC(=O)c1ccccc1Cl. The predicted molar refractivity (Wildman–Crippen MR) is 98.1 cm³/mol. The van der Waals surface area contributed by atoms with Gasteiger partial charge in [0.1, 0.15) is 0 Å². The zero-order valence-electron chi connectivity index (χ0n) is 13.9. The molecule has 3 rings (SSSR count). The van der Waals surface area contributed by atoms with Crippen LogP contribution in [0.25, 0.3) is 0 Å². The maximum atomic E-state index is 12.1. The molecule has 1 atom stereocenters. The number of halogens is 1. The Morgan fingerprint density at radius 3 is 2.50 bits per heavy atom. The zero-order chi connectivity index (χ0) is 18.5. The van der Waals surface area contributed by atoms with E-state index < -0.39 is 0 Å². The molecule has 2 aromatic carbocycles. The number of hydrogen-bond donors (Lipinski definition) is 3. The molecular formula is C19H18ClN3O3. The molecule has 0 aromatic heterocycles. The normalized spacial score (nSPS) is 15.1. The lowest BCUT2D eigenvalue weighted by Gasteiger charge is -2.12. The molecule has 0 fully saturated rings. The van der Waals surface area contributed by atoms with Crippen molar-refractivity contribution in [1.29, 1.82) is 0 Å². The van der Waals surface area contributed by atoms with Crippen molar-refractivity contribution in [3.63, 3.8) is 0 Å². The fourth-order valence-corrected chi connectivity index (χ4v) is 3.08. The van der Waals surface area contributed by atoms with Crippen molar-refractivity contribution in [3.05, 3.63) is 70.2 Å². The average Bonchev–Trinajstić information content (AvgIpc) is 2.95. The first-order valence-electron chi connectivity index (χ1n) is 8.25. The van der Waals surface area contributed by atoms with E-state index >= 15 is 0 Å². The fraction of sp³-hybridized carbons (Fsp3) is 0.211. The number of fused-ring (bicyclic) bond motifs is 1. The summed E-state index contributed by atoms with van der Waals surface area (Å²) in [6, 6.07) is 13.7. The third kappa shape index (κ3) is 4.03. The molecule has 1 aliphatic rings. The summed E-state index contributed by atoms with van der Waals surface area (Å²) in [4.78, 5) is 35.9. The Morgan fingerprint density at radius 2 is 1.69 bits per heavy atom. The van der Waals surface area contributed by atoms with Crippen LogP contribution in [0.1, 0.15) is 38.7 Å². The van der Waals surface area contributed by atoms with Crippen LogP contribution in [-0.2, 0) is 4.79 Å². The summed E-state index contributed by atoms with van der Waals surface area (Å²) in [7, 11) is 0. The van der Waals surface area contributed by atoms with E-state index in [-0.39, 0.29) is 43.3 Å². The van der Waals surface area contributed by atoms with E-state index in [0.717, 1.165) is 5.56 Å². The first-order chi connectivity index (χ1) is 12.6. The van der Waals surface area contributed by atoms with E-state index in [0.29, 0.717) is 16.1 Å². The molecule has 134 valence electrons. The Morgan fingerprint density at radius 1 is 1.00 bits per heavy atom. The number of nitrogens with one attached hydrogen (secondary N) is 3. The maximum absolute atomic E-state index is 12.1. The van der Waals surface area contributed by atoms with Gasteiger partial charge >= 0.3 is 0 Å². The van der Waals surface area contributed by atoms with Gasteiger partial charge in [-0.05, 0) is 23.8 Å². The predicted octanol–water partition coefficient (Wildman–Crippen LogP) is 2.06. The van der Waals surface area contributed by atoms with Crippen molar-refractivity contribution < 1.29 is 14.4 Å². The van der Waals surface area contributed by atoms with E-state index in [2.05, 4.69) is 16.0 Å². The molecule has 0 saturated heterocycles. The molecule has 26 heavy (non-hydrogen) atoms. The molecule has 0 spiro atoms. The summed E-state index contributed by atoms with van der Waals surface area (Å²) in [5.74, 6) is -0.647. The Labute approximate surface area is 155 Å². The molecule has 0 bridgehead atoms. The molecule has 3 amide bonds. The largest absolute Gasteiger partial charge is 0.354 e. The lowest BCUT2D eigenvalue weighted by atomic mass is 10.0. The second kappa shape index (κ2) is 8.01. The van der Waals surface area contributed by atoms with Crippen LogP contribution in [0.15, 0.2) is 48.5 Å². The van der Waals surface area contributed by atoms with Crippen LogP contribution in [0.3, 0.4) is 0 Å². The molecule has 2 aromatic rings. The Balaban J connectivity index is 1.44. The van der Waals surface area contributed by atoms with Gasteiger partial charge in [0.2, 0.25) is 5.91 Å². The summed E-state index contributed by atoms with van der Waals surface area (Å²) in [6.07, 6.45) is 0.154. The van der Waals surface area contributed by atoms with E-state index in [1.165, 1.54) is 0 Å². The van der Waals surface area contributed by atoms with Gasteiger partial charge in [-0.1, -0.05) is 41.9 Å². The molecule has 0 aliphatic carbocycles. The Bertz CT molecular complexity index is 853. The summed E-state index contributed by atoms with van der Waals surface area (Å²) >= 11 is 5.97. The molecule has 1 unspecified atom stereocenters. The van der Waals surface area contributed by atoms with Gasteiger partial charge in [-0.15, -0.1) is 0 Å². The molecule has 1 heterocycles. The first-order valence-corrected chi connectivity index (χ1v) is 8.63. The Hall–Kier alpha value is -2.86. The molecule has 6 nitrogen and oxygen atoms in total. The second-order valence-corrected chi connectivity index (χ2v) is 6.31. The number of carbonyl (C=O) groups excluding carboxylic acids is 3. The number of hydrogen-bond acceptors (Lipinski definition) is 3. The molecule has 1 aliphatic heterocycles.